The van der Waals surface area contributed by atoms with Gasteiger partial charge in [-0.2, -0.15) is 0 Å². The second-order valence-corrected chi connectivity index (χ2v) is 6.71. The normalized spacial score (nSPS) is 15.9. The van der Waals surface area contributed by atoms with Gasteiger partial charge in [-0.25, -0.2) is 4.79 Å². The third-order valence-electron chi connectivity index (χ3n) is 4.13. The van der Waals surface area contributed by atoms with E-state index in [1.165, 1.54) is 6.07 Å². The lowest BCUT2D eigenvalue weighted by Gasteiger charge is -2.19. The molecule has 6 nitrogen and oxygen atoms in total. The summed E-state index contributed by atoms with van der Waals surface area (Å²) >= 11 is 0. The molecule has 0 atom stereocenters. The molecule has 0 fully saturated rings. The Morgan fingerprint density at radius 1 is 1.26 bits per heavy atom. The maximum absolute atomic E-state index is 13.0. The number of rotatable bonds is 7. The van der Waals surface area contributed by atoms with Crippen molar-refractivity contribution >= 4 is 18.0 Å². The number of ether oxygens (including phenoxy) is 2. The minimum atomic E-state index is -0.510. The molecular weight excluding hydrogens is 346 g/mol. The highest BCUT2D eigenvalue weighted by atomic mass is 16.5. The van der Waals surface area contributed by atoms with E-state index in [-0.39, 0.29) is 29.8 Å². The number of phenols is 1. The van der Waals surface area contributed by atoms with E-state index in [0.29, 0.717) is 35.7 Å². The predicted molar refractivity (Wildman–Crippen MR) is 103 cm³/mol. The van der Waals surface area contributed by atoms with Gasteiger partial charge in [0.05, 0.1) is 24.4 Å². The number of amides is 1. The number of carbonyl (C=O) groups excluding carboxylic acids is 2. The second kappa shape index (κ2) is 8.75. The molecule has 0 aromatic heterocycles. The van der Waals surface area contributed by atoms with Crippen molar-refractivity contribution < 1.29 is 24.2 Å². The molecule has 0 spiro atoms. The largest absolute Gasteiger partial charge is 0.504 e. The molecule has 0 saturated carbocycles. The van der Waals surface area contributed by atoms with Crippen LogP contribution in [0.25, 0.3) is 6.08 Å². The summed E-state index contributed by atoms with van der Waals surface area (Å²) in [5.41, 5.74) is 1.83. The standard InChI is InChI=1S/C21H27NO5/c1-6-26-18-11-15(8-9-17(18)23)10-16-19(21(25)27-7-2)14(5)22(20(16)24)12-13(3)4/h8-11,13,23H,6-7,12H2,1-5H3/b16-10-. The molecule has 27 heavy (non-hydrogen) atoms. The average Bonchev–Trinajstić information content (AvgIpc) is 2.82. The van der Waals surface area contributed by atoms with Crippen molar-refractivity contribution in [2.45, 2.75) is 34.6 Å². The lowest BCUT2D eigenvalue weighted by Crippen LogP contribution is -2.28. The number of hydrogen-bond donors (Lipinski definition) is 1. The number of hydrogen-bond acceptors (Lipinski definition) is 5. The number of nitrogens with zero attached hydrogens (tertiary/aromatic N) is 1. The van der Waals surface area contributed by atoms with Crippen molar-refractivity contribution in [1.29, 1.82) is 0 Å². The van der Waals surface area contributed by atoms with E-state index in [1.807, 2.05) is 20.8 Å². The van der Waals surface area contributed by atoms with Crippen LogP contribution in [0, 0.1) is 5.92 Å². The number of phenolic OH excluding ortho intramolecular Hbond substituents is 1. The zero-order valence-electron chi connectivity index (χ0n) is 16.5. The Kier molecular flexibility index (Phi) is 6.66. The number of allylic oxidation sites excluding steroid dienone is 1. The van der Waals surface area contributed by atoms with E-state index in [9.17, 15) is 14.7 Å². The zero-order valence-corrected chi connectivity index (χ0v) is 16.5. The fraction of sp³-hybridized carbons (Fsp3) is 0.429. The monoisotopic (exact) mass is 373 g/mol. The van der Waals surface area contributed by atoms with E-state index >= 15 is 0 Å². The van der Waals surface area contributed by atoms with E-state index in [4.69, 9.17) is 9.47 Å². The Labute approximate surface area is 160 Å². The van der Waals surface area contributed by atoms with Crippen molar-refractivity contribution in [2.75, 3.05) is 19.8 Å². The fourth-order valence-corrected chi connectivity index (χ4v) is 2.97. The van der Waals surface area contributed by atoms with Gasteiger partial charge in [0.25, 0.3) is 5.91 Å². The van der Waals surface area contributed by atoms with Crippen molar-refractivity contribution in [3.05, 3.63) is 40.6 Å². The van der Waals surface area contributed by atoms with Crippen molar-refractivity contribution in [3.63, 3.8) is 0 Å². The van der Waals surface area contributed by atoms with Crippen LogP contribution in [0.15, 0.2) is 35.0 Å². The van der Waals surface area contributed by atoms with Crippen molar-refractivity contribution in [1.82, 2.24) is 4.90 Å². The molecule has 0 aliphatic carbocycles. The quantitative estimate of drug-likeness (QED) is 0.585. The molecule has 0 unspecified atom stereocenters. The van der Waals surface area contributed by atoms with E-state index in [1.54, 1.807) is 37.0 Å². The molecule has 2 rings (SSSR count). The Morgan fingerprint density at radius 2 is 1.96 bits per heavy atom. The van der Waals surface area contributed by atoms with Gasteiger partial charge >= 0.3 is 5.97 Å². The van der Waals surface area contributed by atoms with E-state index in [2.05, 4.69) is 0 Å². The third-order valence-corrected chi connectivity index (χ3v) is 4.13. The van der Waals surface area contributed by atoms with Gasteiger partial charge in [-0.15, -0.1) is 0 Å². The summed E-state index contributed by atoms with van der Waals surface area (Å²) in [7, 11) is 0. The summed E-state index contributed by atoms with van der Waals surface area (Å²) in [6, 6.07) is 4.81. The molecule has 0 saturated heterocycles. The van der Waals surface area contributed by atoms with Gasteiger partial charge in [0.2, 0.25) is 0 Å². The van der Waals surface area contributed by atoms with Crippen LogP contribution in [0.3, 0.4) is 0 Å². The summed E-state index contributed by atoms with van der Waals surface area (Å²) in [6.45, 7) is 10.5. The maximum Gasteiger partial charge on any atom is 0.340 e. The van der Waals surface area contributed by atoms with Gasteiger partial charge in [0.1, 0.15) is 0 Å². The number of aromatic hydroxyl groups is 1. The van der Waals surface area contributed by atoms with Crippen LogP contribution >= 0.6 is 0 Å². The van der Waals surface area contributed by atoms with Gasteiger partial charge < -0.3 is 19.5 Å². The zero-order chi connectivity index (χ0) is 20.1. The van der Waals surface area contributed by atoms with Gasteiger partial charge in [-0.1, -0.05) is 19.9 Å². The van der Waals surface area contributed by atoms with Crippen LogP contribution in [0.4, 0.5) is 0 Å². The van der Waals surface area contributed by atoms with Crippen LogP contribution in [0.2, 0.25) is 0 Å². The minimum Gasteiger partial charge on any atom is -0.504 e. The molecule has 6 heteroatoms. The molecule has 1 heterocycles. The molecule has 0 radical (unpaired) electrons. The third kappa shape index (κ3) is 4.51. The Morgan fingerprint density at radius 3 is 2.56 bits per heavy atom. The number of esters is 1. The Hall–Kier alpha value is -2.76. The first kappa shape index (κ1) is 20.6. The van der Waals surface area contributed by atoms with E-state index < -0.39 is 5.97 Å². The van der Waals surface area contributed by atoms with Gasteiger partial charge in [0, 0.05) is 12.2 Å². The van der Waals surface area contributed by atoms with Crippen LogP contribution < -0.4 is 4.74 Å². The molecule has 1 N–H and O–H groups in total. The molecule has 0 bridgehead atoms. The lowest BCUT2D eigenvalue weighted by molar-refractivity contribution is -0.138. The Balaban J connectivity index is 2.51. The summed E-state index contributed by atoms with van der Waals surface area (Å²) in [5.74, 6) is -0.130. The first-order chi connectivity index (χ1) is 12.8. The smallest absolute Gasteiger partial charge is 0.340 e. The minimum absolute atomic E-state index is 0.0236. The second-order valence-electron chi connectivity index (χ2n) is 6.71. The Bertz CT molecular complexity index is 792. The van der Waals surface area contributed by atoms with Gasteiger partial charge in [0.15, 0.2) is 11.5 Å². The van der Waals surface area contributed by atoms with Crippen molar-refractivity contribution in [2.24, 2.45) is 5.92 Å². The van der Waals surface area contributed by atoms with Crippen LogP contribution in [-0.2, 0) is 14.3 Å². The molecule has 146 valence electrons. The summed E-state index contributed by atoms with van der Waals surface area (Å²) in [4.78, 5) is 27.1. The number of carbonyl (C=O) groups is 2. The van der Waals surface area contributed by atoms with Gasteiger partial charge in [-0.3, -0.25) is 4.79 Å². The van der Waals surface area contributed by atoms with Crippen LogP contribution in [0.5, 0.6) is 11.5 Å². The maximum atomic E-state index is 13.0. The molecule has 1 aromatic rings. The summed E-state index contributed by atoms with van der Waals surface area (Å²) < 4.78 is 10.6. The average molecular weight is 373 g/mol. The number of benzene rings is 1. The van der Waals surface area contributed by atoms with Crippen molar-refractivity contribution in [3.8, 4) is 11.5 Å². The molecule has 1 aliphatic heterocycles. The SMILES string of the molecule is CCOC(=O)C1=C(C)N(CC(C)C)C(=O)/C1=C\c1ccc(O)c(OCC)c1. The molecule has 1 aromatic carbocycles. The highest BCUT2D eigenvalue weighted by Crippen LogP contribution is 2.34. The van der Waals surface area contributed by atoms with E-state index in [0.717, 1.165) is 0 Å². The highest BCUT2D eigenvalue weighted by Gasteiger charge is 2.37. The first-order valence-electron chi connectivity index (χ1n) is 9.17. The summed E-state index contributed by atoms with van der Waals surface area (Å²) in [6.07, 6.45) is 1.64. The van der Waals surface area contributed by atoms with Crippen LogP contribution in [0.1, 0.15) is 40.2 Å². The molecule has 1 amide bonds. The fourth-order valence-electron chi connectivity index (χ4n) is 2.97. The lowest BCUT2D eigenvalue weighted by atomic mass is 10.0. The van der Waals surface area contributed by atoms with Crippen LogP contribution in [-0.4, -0.2) is 41.6 Å². The molecule has 1 aliphatic rings. The first-order valence-corrected chi connectivity index (χ1v) is 9.17. The topological polar surface area (TPSA) is 76.1 Å². The predicted octanol–water partition coefficient (Wildman–Crippen LogP) is 3.51. The van der Waals surface area contributed by atoms with Gasteiger partial charge in [-0.05, 0) is 50.5 Å². The highest BCUT2D eigenvalue weighted by molar-refractivity contribution is 6.16. The summed E-state index contributed by atoms with van der Waals surface area (Å²) in [5, 5.41) is 9.87. The molecular formula is C21H27NO5.